The molecule has 0 fully saturated rings. The average molecular weight is 282 g/mol. The van der Waals surface area contributed by atoms with E-state index in [0.29, 0.717) is 6.04 Å². The van der Waals surface area contributed by atoms with Gasteiger partial charge in [-0.15, -0.1) is 11.3 Å². The highest BCUT2D eigenvalue weighted by atomic mass is 32.1. The molecule has 1 heterocycles. The first-order valence-corrected chi connectivity index (χ1v) is 8.88. The predicted molar refractivity (Wildman–Crippen MR) is 88.0 cm³/mol. The quantitative estimate of drug-likeness (QED) is 0.591. The lowest BCUT2D eigenvalue weighted by Gasteiger charge is -2.22. The molecule has 2 heteroatoms. The number of hydrogen-bond donors (Lipinski definition) is 1. The fraction of sp³-hybridized carbons (Fsp3) is 0.765. The lowest BCUT2D eigenvalue weighted by Crippen LogP contribution is -2.22. The van der Waals surface area contributed by atoms with Gasteiger partial charge in [0, 0.05) is 15.8 Å². The summed E-state index contributed by atoms with van der Waals surface area (Å²) in [5.41, 5.74) is 0. The summed E-state index contributed by atoms with van der Waals surface area (Å²) in [6, 6.07) is 5.21. The molecule has 0 aromatic carbocycles. The van der Waals surface area contributed by atoms with E-state index in [1.807, 2.05) is 11.3 Å². The highest BCUT2D eigenvalue weighted by Crippen LogP contribution is 2.31. The van der Waals surface area contributed by atoms with Crippen molar-refractivity contribution in [1.82, 2.24) is 5.32 Å². The fourth-order valence-corrected chi connectivity index (χ4v) is 3.67. The Morgan fingerprint density at radius 3 is 2.47 bits per heavy atom. The lowest BCUT2D eigenvalue weighted by atomic mass is 9.91. The van der Waals surface area contributed by atoms with Crippen LogP contribution in [-0.2, 0) is 6.42 Å². The SMILES string of the molecule is CCCCC(CC)CC(NCC)c1ccc(CC)s1. The van der Waals surface area contributed by atoms with Gasteiger partial charge in [0.2, 0.25) is 0 Å². The van der Waals surface area contributed by atoms with Crippen LogP contribution in [0.1, 0.15) is 75.6 Å². The molecule has 0 spiro atoms. The number of nitrogens with one attached hydrogen (secondary N) is 1. The average Bonchev–Trinajstić information content (AvgIpc) is 2.91. The van der Waals surface area contributed by atoms with E-state index in [1.165, 1.54) is 41.9 Å². The molecule has 19 heavy (non-hydrogen) atoms. The van der Waals surface area contributed by atoms with Crippen LogP contribution >= 0.6 is 11.3 Å². The normalized spacial score (nSPS) is 14.5. The summed E-state index contributed by atoms with van der Waals surface area (Å²) in [5.74, 6) is 0.871. The van der Waals surface area contributed by atoms with Crippen LogP contribution < -0.4 is 5.32 Å². The van der Waals surface area contributed by atoms with Crippen LogP contribution in [-0.4, -0.2) is 6.54 Å². The van der Waals surface area contributed by atoms with Crippen LogP contribution in [0.15, 0.2) is 12.1 Å². The molecular formula is C17H31NS. The van der Waals surface area contributed by atoms with Gasteiger partial charge in [0.1, 0.15) is 0 Å². The third-order valence-electron chi connectivity index (χ3n) is 3.94. The van der Waals surface area contributed by atoms with Crippen molar-refractivity contribution in [3.05, 3.63) is 21.9 Å². The van der Waals surface area contributed by atoms with Gasteiger partial charge in [-0.1, -0.05) is 53.4 Å². The molecule has 2 unspecified atom stereocenters. The Hall–Kier alpha value is -0.340. The number of aryl methyl sites for hydroxylation is 1. The molecule has 0 bridgehead atoms. The van der Waals surface area contributed by atoms with Crippen LogP contribution in [0.4, 0.5) is 0 Å². The van der Waals surface area contributed by atoms with Crippen LogP contribution in [0.25, 0.3) is 0 Å². The Labute approximate surface area is 123 Å². The second-order valence-corrected chi connectivity index (χ2v) is 6.62. The molecule has 0 aliphatic carbocycles. The first-order valence-electron chi connectivity index (χ1n) is 8.06. The van der Waals surface area contributed by atoms with E-state index >= 15 is 0 Å². The van der Waals surface area contributed by atoms with Crippen molar-refractivity contribution in [2.75, 3.05) is 6.54 Å². The van der Waals surface area contributed by atoms with Crippen LogP contribution in [0.5, 0.6) is 0 Å². The molecular weight excluding hydrogens is 250 g/mol. The summed E-state index contributed by atoms with van der Waals surface area (Å²) in [5, 5.41) is 3.69. The van der Waals surface area contributed by atoms with E-state index in [0.717, 1.165) is 18.9 Å². The smallest absolute Gasteiger partial charge is 0.0417 e. The summed E-state index contributed by atoms with van der Waals surface area (Å²) in [7, 11) is 0. The minimum Gasteiger partial charge on any atom is -0.310 e. The molecule has 0 radical (unpaired) electrons. The van der Waals surface area contributed by atoms with Crippen molar-refractivity contribution in [3.63, 3.8) is 0 Å². The third-order valence-corrected chi connectivity index (χ3v) is 5.28. The van der Waals surface area contributed by atoms with E-state index < -0.39 is 0 Å². The molecule has 1 rings (SSSR count). The van der Waals surface area contributed by atoms with Gasteiger partial charge in [0.15, 0.2) is 0 Å². The maximum absolute atomic E-state index is 3.69. The van der Waals surface area contributed by atoms with Crippen molar-refractivity contribution in [1.29, 1.82) is 0 Å². The lowest BCUT2D eigenvalue weighted by molar-refractivity contribution is 0.359. The van der Waals surface area contributed by atoms with Crippen LogP contribution in [0.2, 0.25) is 0 Å². The van der Waals surface area contributed by atoms with Gasteiger partial charge in [-0.3, -0.25) is 0 Å². The molecule has 0 aliphatic rings. The van der Waals surface area contributed by atoms with E-state index in [1.54, 1.807) is 0 Å². The van der Waals surface area contributed by atoms with E-state index in [2.05, 4.69) is 45.1 Å². The Kier molecular flexibility index (Phi) is 8.40. The summed E-state index contributed by atoms with van der Waals surface area (Å²) < 4.78 is 0. The maximum atomic E-state index is 3.69. The standard InChI is InChI=1S/C17H31NS/c1-5-9-10-14(6-2)13-16(18-8-4)17-12-11-15(7-3)19-17/h11-12,14,16,18H,5-10,13H2,1-4H3. The van der Waals surface area contributed by atoms with Gasteiger partial charge in [0.25, 0.3) is 0 Å². The minimum atomic E-state index is 0.567. The van der Waals surface area contributed by atoms with Gasteiger partial charge in [-0.25, -0.2) is 0 Å². The third kappa shape index (κ3) is 5.66. The summed E-state index contributed by atoms with van der Waals surface area (Å²) in [4.78, 5) is 3.05. The summed E-state index contributed by atoms with van der Waals surface area (Å²) in [6.07, 6.45) is 7.86. The molecule has 0 saturated carbocycles. The van der Waals surface area contributed by atoms with Crippen molar-refractivity contribution in [2.45, 2.75) is 72.3 Å². The van der Waals surface area contributed by atoms with Crippen molar-refractivity contribution < 1.29 is 0 Å². The van der Waals surface area contributed by atoms with E-state index in [9.17, 15) is 0 Å². The fourth-order valence-electron chi connectivity index (χ4n) is 2.63. The molecule has 2 atom stereocenters. The second kappa shape index (κ2) is 9.55. The monoisotopic (exact) mass is 281 g/mol. The van der Waals surface area contributed by atoms with Gasteiger partial charge < -0.3 is 5.32 Å². The Bertz CT molecular complexity index is 332. The van der Waals surface area contributed by atoms with Gasteiger partial charge in [-0.2, -0.15) is 0 Å². The van der Waals surface area contributed by atoms with Crippen LogP contribution in [0, 0.1) is 5.92 Å². The van der Waals surface area contributed by atoms with Gasteiger partial charge >= 0.3 is 0 Å². The number of hydrogen-bond acceptors (Lipinski definition) is 2. The zero-order valence-corrected chi connectivity index (χ0v) is 14.0. The minimum absolute atomic E-state index is 0.567. The molecule has 1 aromatic heterocycles. The Morgan fingerprint density at radius 1 is 1.16 bits per heavy atom. The Morgan fingerprint density at radius 2 is 1.95 bits per heavy atom. The first kappa shape index (κ1) is 16.7. The molecule has 1 aromatic rings. The molecule has 0 amide bonds. The zero-order valence-electron chi connectivity index (χ0n) is 13.2. The summed E-state index contributed by atoms with van der Waals surface area (Å²) in [6.45, 7) is 10.2. The van der Waals surface area contributed by atoms with Gasteiger partial charge in [-0.05, 0) is 37.4 Å². The Balaban J connectivity index is 2.64. The zero-order chi connectivity index (χ0) is 14.1. The summed E-state index contributed by atoms with van der Waals surface area (Å²) >= 11 is 1.99. The topological polar surface area (TPSA) is 12.0 Å². The number of thiophene rings is 1. The molecule has 1 N–H and O–H groups in total. The maximum Gasteiger partial charge on any atom is 0.0417 e. The number of rotatable bonds is 10. The molecule has 1 nitrogen and oxygen atoms in total. The van der Waals surface area contributed by atoms with Gasteiger partial charge in [0.05, 0.1) is 0 Å². The van der Waals surface area contributed by atoms with Crippen molar-refractivity contribution >= 4 is 11.3 Å². The van der Waals surface area contributed by atoms with Crippen LogP contribution in [0.3, 0.4) is 0 Å². The molecule has 110 valence electrons. The van der Waals surface area contributed by atoms with E-state index in [4.69, 9.17) is 0 Å². The van der Waals surface area contributed by atoms with Crippen molar-refractivity contribution in [2.24, 2.45) is 5.92 Å². The molecule has 0 aliphatic heterocycles. The largest absolute Gasteiger partial charge is 0.310 e. The molecule has 0 saturated heterocycles. The van der Waals surface area contributed by atoms with E-state index in [-0.39, 0.29) is 0 Å². The second-order valence-electron chi connectivity index (χ2n) is 5.42. The van der Waals surface area contributed by atoms with Crippen molar-refractivity contribution in [3.8, 4) is 0 Å². The highest BCUT2D eigenvalue weighted by molar-refractivity contribution is 7.12. The number of unbranched alkanes of at least 4 members (excludes halogenated alkanes) is 1. The predicted octanol–water partition coefficient (Wildman–Crippen LogP) is 5.57. The first-order chi connectivity index (χ1) is 9.24. The highest BCUT2D eigenvalue weighted by Gasteiger charge is 2.17.